The molecule has 0 spiro atoms. The molecule has 23 heavy (non-hydrogen) atoms. The van der Waals surface area contributed by atoms with Crippen LogP contribution in [0.4, 0.5) is 18.9 Å². The second kappa shape index (κ2) is 5.39. The van der Waals surface area contributed by atoms with Gasteiger partial charge in [0, 0.05) is 5.69 Å². The minimum atomic E-state index is -5.47. The van der Waals surface area contributed by atoms with Crippen molar-refractivity contribution in [3.05, 3.63) is 24.3 Å². The first-order chi connectivity index (χ1) is 10.3. The normalized spacial score (nSPS) is 20.6. The zero-order chi connectivity index (χ0) is 17.7. The zero-order valence-corrected chi connectivity index (χ0v) is 13.9. The van der Waals surface area contributed by atoms with Crippen molar-refractivity contribution in [2.45, 2.75) is 44.4 Å². The van der Waals surface area contributed by atoms with Crippen LogP contribution < -0.4 is 10.2 Å². The molecule has 1 aromatic carbocycles. The highest BCUT2D eigenvalue weighted by atomic mass is 32.2. The van der Waals surface area contributed by atoms with Gasteiger partial charge in [-0.25, -0.2) is 0 Å². The standard InChI is InChI=1S/C13H17BF3NO4S/c1-11(2)12(3,4)22-14(21-11)9-6-5-7-10(8-9)18-23(19,20)13(15,16)17/h5-8,18H,1-4H3. The molecule has 1 heterocycles. The van der Waals surface area contributed by atoms with E-state index in [9.17, 15) is 21.6 Å². The van der Waals surface area contributed by atoms with Crippen LogP contribution in [0.15, 0.2) is 24.3 Å². The second-order valence-electron chi connectivity index (χ2n) is 6.26. The quantitative estimate of drug-likeness (QED) is 0.849. The van der Waals surface area contributed by atoms with E-state index in [4.69, 9.17) is 9.31 Å². The van der Waals surface area contributed by atoms with E-state index in [1.807, 2.05) is 27.7 Å². The van der Waals surface area contributed by atoms with Crippen molar-refractivity contribution in [1.82, 2.24) is 0 Å². The fourth-order valence-electron chi connectivity index (χ4n) is 1.94. The highest BCUT2D eigenvalue weighted by Gasteiger charge is 2.52. The van der Waals surface area contributed by atoms with E-state index >= 15 is 0 Å². The van der Waals surface area contributed by atoms with Crippen LogP contribution >= 0.6 is 0 Å². The monoisotopic (exact) mass is 351 g/mol. The topological polar surface area (TPSA) is 64.6 Å². The zero-order valence-electron chi connectivity index (χ0n) is 13.1. The summed E-state index contributed by atoms with van der Waals surface area (Å²) >= 11 is 0. The van der Waals surface area contributed by atoms with Gasteiger partial charge in [0.15, 0.2) is 0 Å². The molecule has 0 atom stereocenters. The smallest absolute Gasteiger partial charge is 0.399 e. The number of sulfonamides is 1. The van der Waals surface area contributed by atoms with Crippen LogP contribution in [0, 0.1) is 0 Å². The number of rotatable bonds is 3. The molecule has 0 radical (unpaired) electrons. The van der Waals surface area contributed by atoms with E-state index in [2.05, 4.69) is 0 Å². The summed E-state index contributed by atoms with van der Waals surface area (Å²) in [6.45, 7) is 7.35. The van der Waals surface area contributed by atoms with Gasteiger partial charge in [-0.15, -0.1) is 0 Å². The number of anilines is 1. The maximum atomic E-state index is 12.4. The maximum absolute atomic E-state index is 12.4. The van der Waals surface area contributed by atoms with Gasteiger partial charge in [0.25, 0.3) is 0 Å². The lowest BCUT2D eigenvalue weighted by atomic mass is 9.79. The molecule has 10 heteroatoms. The SMILES string of the molecule is CC1(C)OB(c2cccc(NS(=O)(=O)C(F)(F)F)c2)OC1(C)C. The van der Waals surface area contributed by atoms with Gasteiger partial charge in [-0.1, -0.05) is 12.1 Å². The number of alkyl halides is 3. The summed E-state index contributed by atoms with van der Waals surface area (Å²) in [5.74, 6) is 0. The fourth-order valence-corrected chi connectivity index (χ4v) is 2.49. The van der Waals surface area contributed by atoms with E-state index in [0.717, 1.165) is 0 Å². The molecule has 0 aliphatic carbocycles. The van der Waals surface area contributed by atoms with Crippen LogP contribution in [-0.4, -0.2) is 32.2 Å². The van der Waals surface area contributed by atoms with E-state index in [1.165, 1.54) is 22.9 Å². The van der Waals surface area contributed by atoms with Gasteiger partial charge >= 0.3 is 22.7 Å². The molecule has 0 aromatic heterocycles. The third-order valence-electron chi connectivity index (χ3n) is 3.97. The Labute approximate surface area is 133 Å². The molecule has 1 aliphatic heterocycles. The molecule has 1 N–H and O–H groups in total. The molecule has 2 rings (SSSR count). The van der Waals surface area contributed by atoms with Crippen LogP contribution in [0.1, 0.15) is 27.7 Å². The van der Waals surface area contributed by atoms with Crippen LogP contribution in [-0.2, 0) is 19.3 Å². The van der Waals surface area contributed by atoms with Crippen molar-refractivity contribution in [1.29, 1.82) is 0 Å². The third kappa shape index (κ3) is 3.48. The molecule has 128 valence electrons. The van der Waals surface area contributed by atoms with Crippen molar-refractivity contribution >= 4 is 28.3 Å². The lowest BCUT2D eigenvalue weighted by molar-refractivity contribution is -0.0429. The largest absolute Gasteiger partial charge is 0.516 e. The number of hydrogen-bond donors (Lipinski definition) is 1. The summed E-state index contributed by atoms with van der Waals surface area (Å²) in [7, 11) is -6.26. The molecular weight excluding hydrogens is 334 g/mol. The Morgan fingerprint density at radius 2 is 1.61 bits per heavy atom. The second-order valence-corrected chi connectivity index (χ2v) is 7.94. The van der Waals surface area contributed by atoms with Crippen molar-refractivity contribution in [2.24, 2.45) is 0 Å². The average molecular weight is 351 g/mol. The first kappa shape index (κ1) is 18.1. The van der Waals surface area contributed by atoms with Crippen molar-refractivity contribution in [3.63, 3.8) is 0 Å². The average Bonchev–Trinajstić information content (AvgIpc) is 2.57. The Balaban J connectivity index is 2.26. The Morgan fingerprint density at radius 1 is 1.09 bits per heavy atom. The summed E-state index contributed by atoms with van der Waals surface area (Å²) in [5.41, 5.74) is -6.40. The lowest BCUT2D eigenvalue weighted by Gasteiger charge is -2.32. The summed E-state index contributed by atoms with van der Waals surface area (Å²) in [6.07, 6.45) is 0. The van der Waals surface area contributed by atoms with Gasteiger partial charge in [0.2, 0.25) is 0 Å². The van der Waals surface area contributed by atoms with E-state index in [-0.39, 0.29) is 5.69 Å². The summed E-state index contributed by atoms with van der Waals surface area (Å²) in [6, 6.07) is 5.49. The van der Waals surface area contributed by atoms with Crippen LogP contribution in [0.25, 0.3) is 0 Å². The Bertz CT molecular complexity index is 687. The number of nitrogens with one attached hydrogen (secondary N) is 1. The van der Waals surface area contributed by atoms with Crippen molar-refractivity contribution in [3.8, 4) is 0 Å². The first-order valence-electron chi connectivity index (χ1n) is 6.80. The lowest BCUT2D eigenvalue weighted by Crippen LogP contribution is -2.41. The molecule has 1 aromatic rings. The third-order valence-corrected chi connectivity index (χ3v) is 5.08. The molecular formula is C13H17BF3NO4S. The molecule has 5 nitrogen and oxygen atoms in total. The van der Waals surface area contributed by atoms with Crippen molar-refractivity contribution < 1.29 is 30.9 Å². The van der Waals surface area contributed by atoms with Gasteiger partial charge < -0.3 is 9.31 Å². The van der Waals surface area contributed by atoms with E-state index < -0.39 is 33.9 Å². The Hall–Kier alpha value is -1.26. The minimum Gasteiger partial charge on any atom is -0.399 e. The molecule has 0 saturated carbocycles. The maximum Gasteiger partial charge on any atom is 0.516 e. The fraction of sp³-hybridized carbons (Fsp3) is 0.538. The number of halogens is 3. The summed E-state index contributed by atoms with van der Waals surface area (Å²) in [4.78, 5) is 0. The van der Waals surface area contributed by atoms with Gasteiger partial charge in [-0.3, -0.25) is 4.72 Å². The summed E-state index contributed by atoms with van der Waals surface area (Å²) in [5, 5.41) is 0. The first-order valence-corrected chi connectivity index (χ1v) is 8.28. The molecule has 0 amide bonds. The van der Waals surface area contributed by atoms with Crippen molar-refractivity contribution in [2.75, 3.05) is 4.72 Å². The minimum absolute atomic E-state index is 0.213. The molecule has 0 unspecified atom stereocenters. The van der Waals surface area contributed by atoms with Crippen LogP contribution in [0.3, 0.4) is 0 Å². The Kier molecular flexibility index (Phi) is 4.24. The summed E-state index contributed by atoms with van der Waals surface area (Å²) < 4.78 is 72.7. The van der Waals surface area contributed by atoms with E-state index in [1.54, 1.807) is 6.07 Å². The number of benzene rings is 1. The predicted molar refractivity (Wildman–Crippen MR) is 80.8 cm³/mol. The number of hydrogen-bond acceptors (Lipinski definition) is 4. The highest BCUT2D eigenvalue weighted by Crippen LogP contribution is 2.36. The molecule has 1 saturated heterocycles. The van der Waals surface area contributed by atoms with Crippen LogP contribution in [0.5, 0.6) is 0 Å². The molecule has 1 fully saturated rings. The predicted octanol–water partition coefficient (Wildman–Crippen LogP) is 2.25. The van der Waals surface area contributed by atoms with Crippen LogP contribution in [0.2, 0.25) is 0 Å². The van der Waals surface area contributed by atoms with Gasteiger partial charge in [-0.05, 0) is 45.3 Å². The molecule has 0 bridgehead atoms. The van der Waals surface area contributed by atoms with Gasteiger partial charge in [-0.2, -0.15) is 21.6 Å². The Morgan fingerprint density at radius 3 is 2.09 bits per heavy atom. The van der Waals surface area contributed by atoms with Gasteiger partial charge in [0.05, 0.1) is 11.2 Å². The van der Waals surface area contributed by atoms with Gasteiger partial charge in [0.1, 0.15) is 0 Å². The molecule has 1 aliphatic rings. The highest BCUT2D eigenvalue weighted by molar-refractivity contribution is 7.93. The van der Waals surface area contributed by atoms with E-state index in [0.29, 0.717) is 5.46 Å².